The summed E-state index contributed by atoms with van der Waals surface area (Å²) in [6, 6.07) is 0.583. The molecule has 0 aromatic heterocycles. The average molecular weight is 265 g/mol. The zero-order chi connectivity index (χ0) is 8.01. The van der Waals surface area contributed by atoms with Crippen molar-refractivity contribution in [3.05, 3.63) is 0 Å². The van der Waals surface area contributed by atoms with Gasteiger partial charge in [-0.05, 0) is 19.3 Å². The van der Waals surface area contributed by atoms with Crippen molar-refractivity contribution in [3.63, 3.8) is 0 Å². The minimum Gasteiger partial charge on any atom is -0.328 e. The van der Waals surface area contributed by atoms with E-state index in [4.69, 9.17) is 0 Å². The van der Waals surface area contributed by atoms with Crippen molar-refractivity contribution in [3.8, 4) is 0 Å². The van der Waals surface area contributed by atoms with Crippen LogP contribution in [0.5, 0.6) is 0 Å². The molecule has 2 fully saturated rings. The van der Waals surface area contributed by atoms with Gasteiger partial charge in [-0.25, -0.2) is 0 Å². The van der Waals surface area contributed by atoms with Gasteiger partial charge in [0, 0.05) is 12.0 Å². The van der Waals surface area contributed by atoms with Crippen LogP contribution in [0.25, 0.3) is 0 Å². The van der Waals surface area contributed by atoms with Gasteiger partial charge in [-0.1, -0.05) is 29.5 Å². The van der Waals surface area contributed by atoms with Crippen LogP contribution >= 0.6 is 22.6 Å². The second-order valence-corrected chi connectivity index (χ2v) is 4.99. The summed E-state index contributed by atoms with van der Waals surface area (Å²) in [7, 11) is 0. The largest absolute Gasteiger partial charge is 0.328 e. The van der Waals surface area contributed by atoms with Gasteiger partial charge < -0.3 is 4.90 Å². The predicted molar refractivity (Wildman–Crippen MR) is 51.5 cm³/mol. The molecule has 0 spiro atoms. The summed E-state index contributed by atoms with van der Waals surface area (Å²) in [5.74, 6) is 0.671. The molecule has 0 saturated carbocycles. The Labute approximate surface area is 80.5 Å². The Bertz CT molecular complexity index is 195. The van der Waals surface area contributed by atoms with E-state index in [2.05, 4.69) is 27.5 Å². The van der Waals surface area contributed by atoms with Crippen molar-refractivity contribution in [2.75, 3.05) is 0 Å². The normalized spacial score (nSPS) is 43.3. The third-order valence-electron chi connectivity index (χ3n) is 2.74. The van der Waals surface area contributed by atoms with Gasteiger partial charge in [0.25, 0.3) is 0 Å². The van der Waals surface area contributed by atoms with Crippen LogP contribution in [0.1, 0.15) is 26.2 Å². The fourth-order valence-electron chi connectivity index (χ4n) is 2.15. The summed E-state index contributed by atoms with van der Waals surface area (Å²) >= 11 is 2.38. The molecule has 3 heteroatoms. The molecular formula is C8H12INO. The van der Waals surface area contributed by atoms with E-state index < -0.39 is 0 Å². The highest BCUT2D eigenvalue weighted by molar-refractivity contribution is 14.1. The maximum absolute atomic E-state index is 11.5. The summed E-state index contributed by atoms with van der Waals surface area (Å²) in [4.78, 5) is 13.6. The van der Waals surface area contributed by atoms with Crippen molar-refractivity contribution in [2.24, 2.45) is 5.92 Å². The van der Waals surface area contributed by atoms with Crippen molar-refractivity contribution in [1.29, 1.82) is 0 Å². The monoisotopic (exact) mass is 265 g/mol. The molecule has 2 nitrogen and oxygen atoms in total. The minimum absolute atomic E-state index is 0.289. The third-order valence-corrected chi connectivity index (χ3v) is 3.96. The molecule has 3 atom stereocenters. The topological polar surface area (TPSA) is 20.3 Å². The fourth-order valence-corrected chi connectivity index (χ4v) is 3.24. The number of carbonyl (C=O) groups excluding carboxylic acids is 1. The van der Waals surface area contributed by atoms with E-state index in [1.165, 1.54) is 12.8 Å². The van der Waals surface area contributed by atoms with Crippen LogP contribution < -0.4 is 0 Å². The Kier molecular flexibility index (Phi) is 1.85. The van der Waals surface area contributed by atoms with E-state index in [0.717, 1.165) is 6.42 Å². The van der Waals surface area contributed by atoms with Gasteiger partial charge in [-0.3, -0.25) is 4.79 Å². The molecule has 0 aromatic rings. The van der Waals surface area contributed by atoms with Crippen molar-refractivity contribution < 1.29 is 4.79 Å². The Morgan fingerprint density at radius 2 is 2.27 bits per heavy atom. The summed E-state index contributed by atoms with van der Waals surface area (Å²) < 4.78 is 0.482. The number of hydrogen-bond donors (Lipinski definition) is 0. The maximum Gasteiger partial charge on any atom is 0.226 e. The standard InChI is InChI=1S/C8H12INO/c1-5-4-6-2-3-7(9)10(6)8(5)11/h5-7H,2-4H2,1H3/t5-,6+,7-/m0/s1. The molecule has 0 aliphatic carbocycles. The molecule has 2 rings (SSSR count). The number of halogens is 1. The lowest BCUT2D eigenvalue weighted by Gasteiger charge is -2.19. The second-order valence-electron chi connectivity index (χ2n) is 3.55. The molecule has 0 radical (unpaired) electrons. The maximum atomic E-state index is 11.5. The zero-order valence-corrected chi connectivity index (χ0v) is 8.74. The van der Waals surface area contributed by atoms with Gasteiger partial charge in [-0.15, -0.1) is 0 Å². The average Bonchev–Trinajstić information content (AvgIpc) is 2.41. The number of amides is 1. The van der Waals surface area contributed by atoms with Gasteiger partial charge in [0.1, 0.15) is 0 Å². The number of alkyl halides is 1. The Morgan fingerprint density at radius 3 is 2.91 bits per heavy atom. The first-order valence-electron chi connectivity index (χ1n) is 4.16. The van der Waals surface area contributed by atoms with Gasteiger partial charge in [0.15, 0.2) is 0 Å². The lowest BCUT2D eigenvalue weighted by molar-refractivity contribution is -0.130. The van der Waals surface area contributed by atoms with Crippen LogP contribution in [0.3, 0.4) is 0 Å². The van der Waals surface area contributed by atoms with Crippen LogP contribution in [0, 0.1) is 5.92 Å². The smallest absolute Gasteiger partial charge is 0.226 e. The zero-order valence-electron chi connectivity index (χ0n) is 6.59. The Morgan fingerprint density at radius 1 is 1.55 bits per heavy atom. The summed E-state index contributed by atoms with van der Waals surface area (Å²) in [5.41, 5.74) is 0. The SMILES string of the molecule is C[C@H]1C[C@H]2CC[C@@H](I)N2C1=O. The number of fused-ring (bicyclic) bond motifs is 1. The molecule has 2 aliphatic rings. The highest BCUT2D eigenvalue weighted by Crippen LogP contribution is 2.38. The third kappa shape index (κ3) is 1.08. The number of carbonyl (C=O) groups is 1. The van der Waals surface area contributed by atoms with Gasteiger partial charge >= 0.3 is 0 Å². The molecule has 0 unspecified atom stereocenters. The molecule has 0 N–H and O–H groups in total. The minimum atomic E-state index is 0.289. The Hall–Kier alpha value is 0.200. The van der Waals surface area contributed by atoms with Gasteiger partial charge in [-0.2, -0.15) is 0 Å². The molecule has 0 bridgehead atoms. The highest BCUT2D eigenvalue weighted by atomic mass is 127. The number of nitrogens with zero attached hydrogens (tertiary/aromatic N) is 1. The van der Waals surface area contributed by atoms with Crippen molar-refractivity contribution in [2.45, 2.75) is 36.3 Å². The van der Waals surface area contributed by atoms with E-state index in [0.29, 0.717) is 16.0 Å². The van der Waals surface area contributed by atoms with Crippen molar-refractivity contribution in [1.82, 2.24) is 4.90 Å². The summed E-state index contributed by atoms with van der Waals surface area (Å²) in [6.07, 6.45) is 3.52. The number of hydrogen-bond acceptors (Lipinski definition) is 1. The van der Waals surface area contributed by atoms with Crippen LogP contribution in [0.4, 0.5) is 0 Å². The molecule has 2 aliphatic heterocycles. The van der Waals surface area contributed by atoms with E-state index in [1.54, 1.807) is 0 Å². The quantitative estimate of drug-likeness (QED) is 0.371. The first-order valence-corrected chi connectivity index (χ1v) is 5.41. The predicted octanol–water partition coefficient (Wildman–Crippen LogP) is 1.78. The summed E-state index contributed by atoms with van der Waals surface area (Å²) in [6.45, 7) is 2.05. The van der Waals surface area contributed by atoms with Crippen LogP contribution in [-0.4, -0.2) is 20.9 Å². The van der Waals surface area contributed by atoms with E-state index in [-0.39, 0.29) is 5.92 Å². The molecule has 2 heterocycles. The van der Waals surface area contributed by atoms with Gasteiger partial charge in [0.05, 0.1) is 4.05 Å². The fraction of sp³-hybridized carbons (Fsp3) is 0.875. The molecule has 2 saturated heterocycles. The molecule has 1 amide bonds. The lowest BCUT2D eigenvalue weighted by Crippen LogP contribution is -2.32. The molecular weight excluding hydrogens is 253 g/mol. The van der Waals surface area contributed by atoms with Crippen molar-refractivity contribution >= 4 is 28.5 Å². The number of rotatable bonds is 0. The summed E-state index contributed by atoms with van der Waals surface area (Å²) in [5, 5.41) is 0. The van der Waals surface area contributed by atoms with Gasteiger partial charge in [0.2, 0.25) is 5.91 Å². The second kappa shape index (κ2) is 2.61. The van der Waals surface area contributed by atoms with Crippen LogP contribution in [0.15, 0.2) is 0 Å². The van der Waals surface area contributed by atoms with E-state index in [1.807, 2.05) is 6.92 Å². The van der Waals surface area contributed by atoms with Crippen LogP contribution in [0.2, 0.25) is 0 Å². The molecule has 62 valence electrons. The first kappa shape index (κ1) is 7.83. The highest BCUT2D eigenvalue weighted by Gasteiger charge is 2.43. The lowest BCUT2D eigenvalue weighted by atomic mass is 10.1. The Balaban J connectivity index is 2.20. The van der Waals surface area contributed by atoms with E-state index >= 15 is 0 Å². The molecule has 11 heavy (non-hydrogen) atoms. The first-order chi connectivity index (χ1) is 5.20. The molecule has 0 aromatic carbocycles. The van der Waals surface area contributed by atoms with E-state index in [9.17, 15) is 4.79 Å². The van der Waals surface area contributed by atoms with Crippen LogP contribution in [-0.2, 0) is 4.79 Å².